The molecule has 0 bridgehead atoms. The van der Waals surface area contributed by atoms with E-state index in [0.29, 0.717) is 17.6 Å². The van der Waals surface area contributed by atoms with E-state index in [-0.39, 0.29) is 0 Å². The van der Waals surface area contributed by atoms with E-state index in [9.17, 15) is 0 Å². The quantitative estimate of drug-likeness (QED) is 0.162. The standard InChI is InChI=1S/C57H37N5/c1-5-17-38(18-6-1)44-33-45(39-19-7-2-8-20-39)35-46(34-44)61-51-27-15-13-25-47(51)49-31-29-42(36-53(49)61)43-30-32-50-48-26-14-16-28-52(48)62(54(50)37-43)57-59-55(40-21-9-3-10-22-40)58-56(60-57)41-23-11-4-12-24-41/h1-37H. The first-order valence-electron chi connectivity index (χ1n) is 20.9. The summed E-state index contributed by atoms with van der Waals surface area (Å²) in [5.74, 6) is 1.83. The lowest BCUT2D eigenvalue weighted by atomic mass is 9.98. The first kappa shape index (κ1) is 35.5. The Bertz CT molecular complexity index is 3250. The van der Waals surface area contributed by atoms with Gasteiger partial charge in [-0.25, -0.2) is 4.98 Å². The minimum atomic E-state index is 0.573. The van der Waals surface area contributed by atoms with Crippen molar-refractivity contribution in [1.82, 2.24) is 24.1 Å². The second-order valence-electron chi connectivity index (χ2n) is 15.7. The van der Waals surface area contributed by atoms with E-state index < -0.39 is 0 Å². The molecular weight excluding hydrogens is 755 g/mol. The Balaban J connectivity index is 1.08. The molecule has 62 heavy (non-hydrogen) atoms. The summed E-state index contributed by atoms with van der Waals surface area (Å²) in [5.41, 5.74) is 14.3. The second-order valence-corrected chi connectivity index (χ2v) is 15.7. The van der Waals surface area contributed by atoms with Gasteiger partial charge in [-0.2, -0.15) is 9.97 Å². The molecule has 0 aliphatic rings. The maximum atomic E-state index is 5.18. The molecule has 0 aliphatic heterocycles. The first-order valence-corrected chi connectivity index (χ1v) is 20.9. The molecule has 290 valence electrons. The van der Waals surface area contributed by atoms with Crippen molar-refractivity contribution in [1.29, 1.82) is 0 Å². The molecule has 0 aliphatic carbocycles. The van der Waals surface area contributed by atoms with E-state index in [1.54, 1.807) is 0 Å². The second kappa shape index (κ2) is 14.7. The van der Waals surface area contributed by atoms with Gasteiger partial charge in [-0.05, 0) is 75.8 Å². The highest BCUT2D eigenvalue weighted by atomic mass is 15.2. The zero-order valence-corrected chi connectivity index (χ0v) is 33.6. The van der Waals surface area contributed by atoms with Crippen LogP contribution in [0.3, 0.4) is 0 Å². The number of hydrogen-bond donors (Lipinski definition) is 0. The molecule has 0 saturated carbocycles. The molecule has 3 aromatic heterocycles. The summed E-state index contributed by atoms with van der Waals surface area (Å²) >= 11 is 0. The van der Waals surface area contributed by atoms with Crippen LogP contribution in [0.4, 0.5) is 0 Å². The van der Waals surface area contributed by atoms with Gasteiger partial charge in [-0.3, -0.25) is 4.57 Å². The van der Waals surface area contributed by atoms with Gasteiger partial charge >= 0.3 is 0 Å². The largest absolute Gasteiger partial charge is 0.309 e. The predicted molar refractivity (Wildman–Crippen MR) is 256 cm³/mol. The molecule has 0 fully saturated rings. The molecule has 12 aromatic rings. The van der Waals surface area contributed by atoms with Crippen LogP contribution in [0.25, 0.3) is 111 Å². The maximum Gasteiger partial charge on any atom is 0.238 e. The summed E-state index contributed by atoms with van der Waals surface area (Å²) in [6, 6.07) is 79.5. The van der Waals surface area contributed by atoms with Crippen LogP contribution in [0.1, 0.15) is 0 Å². The van der Waals surface area contributed by atoms with Crippen LogP contribution in [0.15, 0.2) is 224 Å². The highest BCUT2D eigenvalue weighted by Crippen LogP contribution is 2.40. The minimum absolute atomic E-state index is 0.573. The van der Waals surface area contributed by atoms with Crippen LogP contribution in [0, 0.1) is 0 Å². The van der Waals surface area contributed by atoms with Gasteiger partial charge < -0.3 is 4.57 Å². The predicted octanol–water partition coefficient (Wildman–Crippen LogP) is 14.4. The summed E-state index contributed by atoms with van der Waals surface area (Å²) < 4.78 is 4.63. The summed E-state index contributed by atoms with van der Waals surface area (Å²) in [7, 11) is 0. The number of hydrogen-bond acceptors (Lipinski definition) is 3. The summed E-state index contributed by atoms with van der Waals surface area (Å²) in [6.45, 7) is 0. The van der Waals surface area contributed by atoms with Gasteiger partial charge in [0.25, 0.3) is 0 Å². The molecule has 12 rings (SSSR count). The molecule has 5 heteroatoms. The Hall–Kier alpha value is -8.41. The highest BCUT2D eigenvalue weighted by Gasteiger charge is 2.20. The van der Waals surface area contributed by atoms with E-state index in [0.717, 1.165) is 60.8 Å². The molecule has 0 atom stereocenters. The molecule has 0 amide bonds. The average Bonchev–Trinajstić information content (AvgIpc) is 3.87. The van der Waals surface area contributed by atoms with E-state index in [2.05, 4.69) is 173 Å². The van der Waals surface area contributed by atoms with E-state index in [1.165, 1.54) is 33.0 Å². The molecule has 0 radical (unpaired) electrons. The van der Waals surface area contributed by atoms with Gasteiger partial charge in [0.1, 0.15) is 0 Å². The molecule has 0 spiro atoms. The molecule has 0 unspecified atom stereocenters. The van der Waals surface area contributed by atoms with Gasteiger partial charge in [0.05, 0.1) is 22.1 Å². The Morgan fingerprint density at radius 3 is 1.11 bits per heavy atom. The number of benzene rings is 9. The minimum Gasteiger partial charge on any atom is -0.309 e. The third-order valence-corrected chi connectivity index (χ3v) is 12.0. The molecule has 5 nitrogen and oxygen atoms in total. The Kier molecular flexibility index (Phi) is 8.42. The van der Waals surface area contributed by atoms with Crippen molar-refractivity contribution in [2.45, 2.75) is 0 Å². The number of aromatic nitrogens is 5. The molecule has 0 saturated heterocycles. The molecule has 3 heterocycles. The van der Waals surface area contributed by atoms with Crippen molar-refractivity contribution in [2.24, 2.45) is 0 Å². The summed E-state index contributed by atoms with van der Waals surface area (Å²) in [5, 5.41) is 4.70. The van der Waals surface area contributed by atoms with E-state index in [4.69, 9.17) is 15.0 Å². The fourth-order valence-corrected chi connectivity index (χ4v) is 9.03. The Morgan fingerprint density at radius 2 is 0.629 bits per heavy atom. The van der Waals surface area contributed by atoms with Crippen LogP contribution in [-0.2, 0) is 0 Å². The lowest BCUT2D eigenvalue weighted by Gasteiger charge is -2.14. The van der Waals surface area contributed by atoms with Gasteiger partial charge in [-0.15, -0.1) is 0 Å². The summed E-state index contributed by atoms with van der Waals surface area (Å²) in [6.07, 6.45) is 0. The van der Waals surface area contributed by atoms with Crippen molar-refractivity contribution in [2.75, 3.05) is 0 Å². The van der Waals surface area contributed by atoms with Gasteiger partial charge in [-0.1, -0.05) is 182 Å². The van der Waals surface area contributed by atoms with Gasteiger partial charge in [0, 0.05) is 38.4 Å². The van der Waals surface area contributed by atoms with Crippen molar-refractivity contribution < 1.29 is 0 Å². The maximum absolute atomic E-state index is 5.18. The summed E-state index contributed by atoms with van der Waals surface area (Å²) in [4.78, 5) is 15.4. The van der Waals surface area contributed by atoms with Crippen molar-refractivity contribution in [3.05, 3.63) is 224 Å². The number of rotatable bonds is 7. The van der Waals surface area contributed by atoms with Crippen molar-refractivity contribution >= 4 is 43.6 Å². The van der Waals surface area contributed by atoms with Crippen LogP contribution in [-0.4, -0.2) is 24.1 Å². The van der Waals surface area contributed by atoms with Crippen molar-refractivity contribution in [3.63, 3.8) is 0 Å². The molecule has 9 aromatic carbocycles. The lowest BCUT2D eigenvalue weighted by Crippen LogP contribution is -2.06. The molecule has 0 N–H and O–H groups in total. The Labute approximate surface area is 358 Å². The van der Waals surface area contributed by atoms with Crippen LogP contribution < -0.4 is 0 Å². The third kappa shape index (κ3) is 6.06. The van der Waals surface area contributed by atoms with E-state index in [1.807, 2.05) is 60.7 Å². The fourth-order valence-electron chi connectivity index (χ4n) is 9.03. The van der Waals surface area contributed by atoms with Crippen LogP contribution in [0.2, 0.25) is 0 Å². The number of fused-ring (bicyclic) bond motifs is 6. The molecular formula is C57H37N5. The van der Waals surface area contributed by atoms with E-state index >= 15 is 0 Å². The lowest BCUT2D eigenvalue weighted by molar-refractivity contribution is 0.953. The normalized spacial score (nSPS) is 11.5. The SMILES string of the molecule is c1ccc(-c2cc(-c3ccccc3)cc(-n3c4ccccc4c4ccc(-c5ccc6c7ccccc7n(-c7nc(-c8ccccc8)nc(-c8ccccc8)n7)c6c5)cc43)c2)cc1. The fraction of sp³-hybridized carbons (Fsp3) is 0. The monoisotopic (exact) mass is 791 g/mol. The van der Waals surface area contributed by atoms with Crippen LogP contribution >= 0.6 is 0 Å². The number of nitrogens with zero attached hydrogens (tertiary/aromatic N) is 5. The topological polar surface area (TPSA) is 48.5 Å². The smallest absolute Gasteiger partial charge is 0.238 e. The zero-order chi connectivity index (χ0) is 41.0. The average molecular weight is 792 g/mol. The third-order valence-electron chi connectivity index (χ3n) is 12.0. The Morgan fingerprint density at radius 1 is 0.242 bits per heavy atom. The van der Waals surface area contributed by atoms with Crippen molar-refractivity contribution in [3.8, 4) is 67.8 Å². The van der Waals surface area contributed by atoms with Crippen LogP contribution in [0.5, 0.6) is 0 Å². The zero-order valence-electron chi connectivity index (χ0n) is 33.6. The first-order chi connectivity index (χ1) is 30.7. The highest BCUT2D eigenvalue weighted by molar-refractivity contribution is 6.12. The van der Waals surface area contributed by atoms with Gasteiger partial charge in [0.2, 0.25) is 5.95 Å². The van der Waals surface area contributed by atoms with Gasteiger partial charge in [0.15, 0.2) is 11.6 Å². The number of para-hydroxylation sites is 2.